The highest BCUT2D eigenvalue weighted by Crippen LogP contribution is 2.35. The van der Waals surface area contributed by atoms with Gasteiger partial charge in [-0.2, -0.15) is 0 Å². The van der Waals surface area contributed by atoms with Gasteiger partial charge >= 0.3 is 0 Å². The van der Waals surface area contributed by atoms with Crippen molar-refractivity contribution >= 4 is 21.6 Å². The molecule has 2 rings (SSSR count). The molecule has 1 aliphatic heterocycles. The Morgan fingerprint density at radius 2 is 1.83 bits per heavy atom. The zero-order valence-electron chi connectivity index (χ0n) is 10.1. The van der Waals surface area contributed by atoms with Crippen molar-refractivity contribution < 1.29 is 17.9 Å². The minimum Gasteiger partial charge on any atom is -0.486 e. The number of sulfonamides is 1. The fraction of sp³-hybridized carbons (Fsp3) is 0.455. The molecule has 0 bridgehead atoms. The highest BCUT2D eigenvalue weighted by molar-refractivity contribution is 7.88. The number of benzene rings is 1. The van der Waals surface area contributed by atoms with Crippen molar-refractivity contribution in [2.45, 2.75) is 6.54 Å². The third kappa shape index (κ3) is 2.88. The van der Waals surface area contributed by atoms with Crippen LogP contribution < -0.4 is 9.47 Å². The summed E-state index contributed by atoms with van der Waals surface area (Å²) in [6.07, 6.45) is 1.15. The smallest absolute Gasteiger partial charge is 0.211 e. The molecule has 0 aromatic heterocycles. The van der Waals surface area contributed by atoms with Crippen molar-refractivity contribution in [1.29, 1.82) is 0 Å². The molecule has 1 aromatic carbocycles. The Kier molecular flexibility index (Phi) is 3.70. The second-order valence-electron chi connectivity index (χ2n) is 4.11. The second kappa shape index (κ2) is 4.95. The molecule has 0 saturated carbocycles. The van der Waals surface area contributed by atoms with Crippen LogP contribution in [0.3, 0.4) is 0 Å². The first-order chi connectivity index (χ1) is 8.38. The average Bonchev–Trinajstić information content (AvgIpc) is 2.28. The third-order valence-electron chi connectivity index (χ3n) is 2.67. The van der Waals surface area contributed by atoms with Crippen LogP contribution in [0, 0.1) is 0 Å². The first kappa shape index (κ1) is 13.5. The third-order valence-corrected chi connectivity index (χ3v) is 4.28. The summed E-state index contributed by atoms with van der Waals surface area (Å²) in [4.78, 5) is 0. The number of hydrogen-bond acceptors (Lipinski definition) is 4. The van der Waals surface area contributed by atoms with Crippen LogP contribution >= 0.6 is 11.6 Å². The number of ether oxygens (including phenoxy) is 2. The average molecular weight is 292 g/mol. The molecule has 0 spiro atoms. The monoisotopic (exact) mass is 291 g/mol. The van der Waals surface area contributed by atoms with Gasteiger partial charge in [-0.15, -0.1) is 0 Å². The first-order valence-electron chi connectivity index (χ1n) is 5.37. The molecule has 0 amide bonds. The Morgan fingerprint density at radius 3 is 2.39 bits per heavy atom. The predicted molar refractivity (Wildman–Crippen MR) is 68.8 cm³/mol. The van der Waals surface area contributed by atoms with E-state index in [4.69, 9.17) is 21.1 Å². The van der Waals surface area contributed by atoms with E-state index in [2.05, 4.69) is 0 Å². The molecule has 7 heteroatoms. The summed E-state index contributed by atoms with van der Waals surface area (Å²) in [6, 6.07) is 3.38. The summed E-state index contributed by atoms with van der Waals surface area (Å²) in [5, 5.41) is 0.467. The molecule has 0 unspecified atom stereocenters. The topological polar surface area (TPSA) is 55.8 Å². The Bertz CT molecular complexity index is 558. The summed E-state index contributed by atoms with van der Waals surface area (Å²) < 4.78 is 34.8. The van der Waals surface area contributed by atoms with E-state index in [1.807, 2.05) is 0 Å². The molecular formula is C11H14ClNO4S. The zero-order chi connectivity index (χ0) is 13.3. The molecule has 0 atom stereocenters. The second-order valence-corrected chi connectivity index (χ2v) is 6.60. The van der Waals surface area contributed by atoms with E-state index in [1.165, 1.54) is 11.4 Å². The van der Waals surface area contributed by atoms with Gasteiger partial charge in [0, 0.05) is 24.7 Å². The molecule has 18 heavy (non-hydrogen) atoms. The largest absolute Gasteiger partial charge is 0.486 e. The zero-order valence-corrected chi connectivity index (χ0v) is 11.7. The van der Waals surface area contributed by atoms with Gasteiger partial charge in [-0.05, 0) is 11.6 Å². The maximum Gasteiger partial charge on any atom is 0.211 e. The Balaban J connectivity index is 2.29. The number of rotatable bonds is 3. The van der Waals surface area contributed by atoms with Crippen LogP contribution in [-0.4, -0.2) is 39.2 Å². The number of fused-ring (bicyclic) bond motifs is 1. The summed E-state index contributed by atoms with van der Waals surface area (Å²) in [6.45, 7) is 1.18. The lowest BCUT2D eigenvalue weighted by Crippen LogP contribution is -2.25. The van der Waals surface area contributed by atoms with Crippen molar-refractivity contribution in [2.24, 2.45) is 0 Å². The van der Waals surface area contributed by atoms with E-state index < -0.39 is 10.0 Å². The molecular weight excluding hydrogens is 278 g/mol. The summed E-state index contributed by atoms with van der Waals surface area (Å²) in [5.74, 6) is 1.19. The molecule has 100 valence electrons. The van der Waals surface area contributed by atoms with Gasteiger partial charge in [0.2, 0.25) is 10.0 Å². The Labute approximate surface area is 111 Å². The van der Waals surface area contributed by atoms with Crippen LogP contribution in [-0.2, 0) is 16.6 Å². The maximum atomic E-state index is 11.4. The SMILES string of the molecule is CN(Cc1cc2c(cc1Cl)OCCO2)S(C)(=O)=O. The van der Waals surface area contributed by atoms with Crippen LogP contribution in [0.15, 0.2) is 12.1 Å². The molecule has 0 radical (unpaired) electrons. The van der Waals surface area contributed by atoms with Gasteiger partial charge < -0.3 is 9.47 Å². The highest BCUT2D eigenvalue weighted by Gasteiger charge is 2.18. The van der Waals surface area contributed by atoms with Crippen LogP contribution in [0.5, 0.6) is 11.5 Å². The Morgan fingerprint density at radius 1 is 1.28 bits per heavy atom. The van der Waals surface area contributed by atoms with Gasteiger partial charge in [-0.3, -0.25) is 0 Å². The van der Waals surface area contributed by atoms with Gasteiger partial charge in [0.1, 0.15) is 13.2 Å². The van der Waals surface area contributed by atoms with Gasteiger partial charge in [0.05, 0.1) is 6.26 Å². The van der Waals surface area contributed by atoms with E-state index in [-0.39, 0.29) is 6.54 Å². The van der Waals surface area contributed by atoms with Crippen molar-refractivity contribution in [3.63, 3.8) is 0 Å². The highest BCUT2D eigenvalue weighted by atomic mass is 35.5. The molecule has 1 aromatic rings. The number of halogens is 1. The predicted octanol–water partition coefficient (Wildman–Crippen LogP) is 1.50. The standard InChI is InChI=1S/C11H14ClNO4S/c1-13(18(2,14)15)7-8-5-10-11(6-9(8)12)17-4-3-16-10/h5-6H,3-4,7H2,1-2H3. The molecule has 0 N–H and O–H groups in total. The van der Waals surface area contributed by atoms with Crippen LogP contribution in [0.2, 0.25) is 5.02 Å². The lowest BCUT2D eigenvalue weighted by Gasteiger charge is -2.21. The van der Waals surface area contributed by atoms with Crippen molar-refractivity contribution in [3.8, 4) is 11.5 Å². The van der Waals surface area contributed by atoms with Crippen molar-refractivity contribution in [3.05, 3.63) is 22.7 Å². The maximum absolute atomic E-state index is 11.4. The van der Waals surface area contributed by atoms with Crippen LogP contribution in [0.4, 0.5) is 0 Å². The molecule has 0 aliphatic carbocycles. The number of nitrogens with zero attached hydrogens (tertiary/aromatic N) is 1. The van der Waals surface area contributed by atoms with Gasteiger partial charge in [0.15, 0.2) is 11.5 Å². The van der Waals surface area contributed by atoms with Crippen LogP contribution in [0.1, 0.15) is 5.56 Å². The molecule has 5 nitrogen and oxygen atoms in total. The molecule has 1 heterocycles. The molecule has 0 saturated heterocycles. The lowest BCUT2D eigenvalue weighted by atomic mass is 10.2. The van der Waals surface area contributed by atoms with Crippen molar-refractivity contribution in [1.82, 2.24) is 4.31 Å². The normalized spacial score (nSPS) is 14.9. The first-order valence-corrected chi connectivity index (χ1v) is 7.60. The van der Waals surface area contributed by atoms with Gasteiger partial charge in [-0.1, -0.05) is 11.6 Å². The van der Waals surface area contributed by atoms with Gasteiger partial charge in [0.25, 0.3) is 0 Å². The summed E-state index contributed by atoms with van der Waals surface area (Å²) in [7, 11) is -1.73. The molecule has 1 aliphatic rings. The lowest BCUT2D eigenvalue weighted by molar-refractivity contribution is 0.171. The Hall–Kier alpha value is -0.980. The van der Waals surface area contributed by atoms with Gasteiger partial charge in [-0.25, -0.2) is 12.7 Å². The van der Waals surface area contributed by atoms with E-state index in [1.54, 1.807) is 12.1 Å². The quantitative estimate of drug-likeness (QED) is 0.847. The number of hydrogen-bond donors (Lipinski definition) is 0. The summed E-state index contributed by atoms with van der Waals surface area (Å²) in [5.41, 5.74) is 0.689. The fourth-order valence-electron chi connectivity index (χ4n) is 1.58. The van der Waals surface area contributed by atoms with E-state index in [0.29, 0.717) is 35.3 Å². The van der Waals surface area contributed by atoms with E-state index in [0.717, 1.165) is 6.26 Å². The minimum atomic E-state index is -3.24. The van der Waals surface area contributed by atoms with E-state index >= 15 is 0 Å². The minimum absolute atomic E-state index is 0.203. The van der Waals surface area contributed by atoms with Crippen LogP contribution in [0.25, 0.3) is 0 Å². The van der Waals surface area contributed by atoms with Crippen molar-refractivity contribution in [2.75, 3.05) is 26.5 Å². The molecule has 0 fully saturated rings. The summed E-state index contributed by atoms with van der Waals surface area (Å²) >= 11 is 6.10. The fourth-order valence-corrected chi connectivity index (χ4v) is 2.17. The van der Waals surface area contributed by atoms with E-state index in [9.17, 15) is 8.42 Å².